The maximum Gasteiger partial charge on any atom is 0.243 e. The number of benzene rings is 1. The van der Waals surface area contributed by atoms with Crippen LogP contribution in [-0.2, 0) is 27.1 Å². The Morgan fingerprint density at radius 1 is 1.38 bits per heavy atom. The molecule has 0 aliphatic carbocycles. The van der Waals surface area contributed by atoms with Crippen molar-refractivity contribution in [3.63, 3.8) is 0 Å². The van der Waals surface area contributed by atoms with Gasteiger partial charge in [0.15, 0.2) is 0 Å². The van der Waals surface area contributed by atoms with Crippen LogP contribution in [0.3, 0.4) is 0 Å². The summed E-state index contributed by atoms with van der Waals surface area (Å²) in [4.78, 5) is 0.376. The lowest BCUT2D eigenvalue weighted by molar-refractivity contribution is -0.0640. The number of hydrogen-bond donors (Lipinski definition) is 0. The van der Waals surface area contributed by atoms with Crippen LogP contribution in [0.25, 0.3) is 0 Å². The highest BCUT2D eigenvalue weighted by Crippen LogP contribution is 2.27. The third-order valence-electron chi connectivity index (χ3n) is 3.68. The fourth-order valence-corrected chi connectivity index (χ4v) is 4.62. The predicted octanol–water partition coefficient (Wildman–Crippen LogP) is 2.79. The van der Waals surface area contributed by atoms with E-state index in [2.05, 4.69) is 0 Å². The molecule has 0 aromatic heterocycles. The van der Waals surface area contributed by atoms with Gasteiger partial charge >= 0.3 is 0 Å². The second-order valence-corrected chi connectivity index (χ2v) is 8.05. The average molecular weight is 332 g/mol. The Kier molecular flexibility index (Phi) is 4.98. The normalized spacial score (nSPS) is 19.6. The highest BCUT2D eigenvalue weighted by atomic mass is 35.5. The Labute approximate surface area is 132 Å². The SMILES string of the molecule is CCc1ccc(CCl)cc1S(=O)(=O)N1CCOC(C)(C)C1. The van der Waals surface area contributed by atoms with Crippen molar-refractivity contribution >= 4 is 21.6 Å². The van der Waals surface area contributed by atoms with Crippen LogP contribution >= 0.6 is 11.6 Å². The van der Waals surface area contributed by atoms with Gasteiger partial charge in [-0.15, -0.1) is 11.6 Å². The van der Waals surface area contributed by atoms with Gasteiger partial charge in [-0.1, -0.05) is 19.1 Å². The van der Waals surface area contributed by atoms with Gasteiger partial charge in [-0.2, -0.15) is 4.31 Å². The van der Waals surface area contributed by atoms with Gasteiger partial charge in [-0.3, -0.25) is 0 Å². The summed E-state index contributed by atoms with van der Waals surface area (Å²) in [6.45, 7) is 6.94. The lowest BCUT2D eigenvalue weighted by Crippen LogP contribution is -2.50. The van der Waals surface area contributed by atoms with Gasteiger partial charge < -0.3 is 4.74 Å². The van der Waals surface area contributed by atoms with E-state index in [-0.39, 0.29) is 0 Å². The van der Waals surface area contributed by atoms with Crippen molar-refractivity contribution in [3.8, 4) is 0 Å². The first-order valence-corrected chi connectivity index (χ1v) is 9.09. The molecule has 1 fully saturated rings. The van der Waals surface area contributed by atoms with Gasteiger partial charge in [0.05, 0.1) is 17.1 Å². The van der Waals surface area contributed by atoms with Crippen molar-refractivity contribution in [2.24, 2.45) is 0 Å². The summed E-state index contributed by atoms with van der Waals surface area (Å²) in [5, 5.41) is 0. The number of alkyl halides is 1. The fourth-order valence-electron chi connectivity index (χ4n) is 2.53. The number of sulfonamides is 1. The summed E-state index contributed by atoms with van der Waals surface area (Å²) >= 11 is 5.85. The van der Waals surface area contributed by atoms with Crippen molar-refractivity contribution in [1.82, 2.24) is 4.31 Å². The molecular weight excluding hydrogens is 310 g/mol. The van der Waals surface area contributed by atoms with Crippen molar-refractivity contribution in [2.75, 3.05) is 19.7 Å². The highest BCUT2D eigenvalue weighted by Gasteiger charge is 2.35. The van der Waals surface area contributed by atoms with E-state index < -0.39 is 15.6 Å². The Bertz CT molecular complexity index is 613. The van der Waals surface area contributed by atoms with Crippen LogP contribution < -0.4 is 0 Å². The Balaban J connectivity index is 2.43. The summed E-state index contributed by atoms with van der Waals surface area (Å²) in [5.41, 5.74) is 1.19. The molecular formula is C15H22ClNO3S. The first kappa shape index (κ1) is 16.7. The number of rotatable bonds is 4. The molecule has 0 atom stereocenters. The van der Waals surface area contributed by atoms with Gasteiger partial charge in [0.25, 0.3) is 0 Å². The van der Waals surface area contributed by atoms with Crippen molar-refractivity contribution in [3.05, 3.63) is 29.3 Å². The molecule has 1 aromatic carbocycles. The molecule has 0 radical (unpaired) electrons. The minimum atomic E-state index is -3.51. The lowest BCUT2D eigenvalue weighted by atomic mass is 10.1. The number of ether oxygens (including phenoxy) is 1. The van der Waals surface area contributed by atoms with Crippen molar-refractivity contribution in [2.45, 2.75) is 43.6 Å². The van der Waals surface area contributed by atoms with Gasteiger partial charge in [0.2, 0.25) is 10.0 Å². The first-order chi connectivity index (χ1) is 9.80. The van der Waals surface area contributed by atoms with E-state index in [0.29, 0.717) is 36.9 Å². The second-order valence-electron chi connectivity index (χ2n) is 5.88. The molecule has 0 N–H and O–H groups in total. The van der Waals surface area contributed by atoms with E-state index in [1.165, 1.54) is 4.31 Å². The molecule has 1 aromatic rings. The second kappa shape index (κ2) is 6.24. The van der Waals surface area contributed by atoms with Gasteiger partial charge in [0, 0.05) is 19.0 Å². The molecule has 4 nitrogen and oxygen atoms in total. The van der Waals surface area contributed by atoms with E-state index >= 15 is 0 Å². The molecule has 1 heterocycles. The molecule has 0 amide bonds. The zero-order chi connectivity index (χ0) is 15.7. The Hall–Kier alpha value is -0.620. The topological polar surface area (TPSA) is 46.6 Å². The molecule has 6 heteroatoms. The Morgan fingerprint density at radius 3 is 2.67 bits per heavy atom. The van der Waals surface area contributed by atoms with E-state index in [0.717, 1.165) is 11.1 Å². The van der Waals surface area contributed by atoms with Crippen LogP contribution in [0, 0.1) is 0 Å². The van der Waals surface area contributed by atoms with E-state index in [1.807, 2.05) is 32.9 Å². The summed E-state index contributed by atoms with van der Waals surface area (Å²) in [6, 6.07) is 5.44. The van der Waals surface area contributed by atoms with Crippen LogP contribution in [0.15, 0.2) is 23.1 Å². The average Bonchev–Trinajstić information content (AvgIpc) is 2.45. The largest absolute Gasteiger partial charge is 0.373 e. The molecule has 0 saturated carbocycles. The van der Waals surface area contributed by atoms with Crippen molar-refractivity contribution in [1.29, 1.82) is 0 Å². The fraction of sp³-hybridized carbons (Fsp3) is 0.600. The third-order valence-corrected chi connectivity index (χ3v) is 5.91. The minimum absolute atomic E-state index is 0.307. The summed E-state index contributed by atoms with van der Waals surface area (Å²) in [7, 11) is -3.51. The van der Waals surface area contributed by atoms with Crippen LogP contribution in [0.5, 0.6) is 0 Å². The monoisotopic (exact) mass is 331 g/mol. The minimum Gasteiger partial charge on any atom is -0.373 e. The number of hydrogen-bond acceptors (Lipinski definition) is 3. The molecule has 21 heavy (non-hydrogen) atoms. The summed E-state index contributed by atoms with van der Waals surface area (Å²) in [6.07, 6.45) is 0.671. The summed E-state index contributed by atoms with van der Waals surface area (Å²) in [5.74, 6) is 0.307. The lowest BCUT2D eigenvalue weighted by Gasteiger charge is -2.37. The quantitative estimate of drug-likeness (QED) is 0.797. The van der Waals surface area contributed by atoms with Crippen LogP contribution in [0.4, 0.5) is 0 Å². The Morgan fingerprint density at radius 2 is 2.10 bits per heavy atom. The standard InChI is InChI=1S/C15H22ClNO3S/c1-4-13-6-5-12(10-16)9-14(13)21(18,19)17-7-8-20-15(2,3)11-17/h5-6,9H,4,7-8,10-11H2,1-3H3. The van der Waals surface area contributed by atoms with E-state index in [4.69, 9.17) is 16.3 Å². The molecule has 1 aliphatic heterocycles. The maximum atomic E-state index is 13.0. The van der Waals surface area contributed by atoms with Crippen molar-refractivity contribution < 1.29 is 13.2 Å². The molecule has 118 valence electrons. The number of morpholine rings is 1. The number of halogens is 1. The number of aryl methyl sites for hydroxylation is 1. The molecule has 2 rings (SSSR count). The predicted molar refractivity (Wildman–Crippen MR) is 84.2 cm³/mol. The highest BCUT2D eigenvalue weighted by molar-refractivity contribution is 7.89. The zero-order valence-electron chi connectivity index (χ0n) is 12.7. The summed E-state index contributed by atoms with van der Waals surface area (Å²) < 4.78 is 33.0. The number of nitrogens with zero attached hydrogens (tertiary/aromatic N) is 1. The van der Waals surface area contributed by atoms with Gasteiger partial charge in [-0.25, -0.2) is 8.42 Å². The van der Waals surface area contributed by atoms with E-state index in [1.54, 1.807) is 6.07 Å². The zero-order valence-corrected chi connectivity index (χ0v) is 14.3. The van der Waals surface area contributed by atoms with Gasteiger partial charge in [-0.05, 0) is 37.5 Å². The van der Waals surface area contributed by atoms with Crippen LogP contribution in [0.2, 0.25) is 0 Å². The van der Waals surface area contributed by atoms with Gasteiger partial charge in [0.1, 0.15) is 0 Å². The smallest absolute Gasteiger partial charge is 0.243 e. The molecule has 1 aliphatic rings. The third kappa shape index (κ3) is 3.59. The molecule has 1 saturated heterocycles. The van der Waals surface area contributed by atoms with Crippen LogP contribution in [-0.4, -0.2) is 38.0 Å². The molecule has 0 bridgehead atoms. The first-order valence-electron chi connectivity index (χ1n) is 7.12. The maximum absolute atomic E-state index is 13.0. The molecule has 0 spiro atoms. The molecule has 0 unspecified atom stereocenters. The van der Waals surface area contributed by atoms with E-state index in [9.17, 15) is 8.42 Å². The van der Waals surface area contributed by atoms with Crippen LogP contribution in [0.1, 0.15) is 31.9 Å².